The third-order valence-electron chi connectivity index (χ3n) is 7.51. The molecular weight excluding hydrogens is 447 g/mol. The number of ether oxygens (including phenoxy) is 1. The van der Waals surface area contributed by atoms with E-state index in [2.05, 4.69) is 83.9 Å². The third kappa shape index (κ3) is 5.49. The first-order chi connectivity index (χ1) is 17.6. The average molecular weight is 485 g/mol. The molecule has 188 valence electrons. The number of benzene rings is 3. The van der Waals surface area contributed by atoms with Crippen LogP contribution in [0.15, 0.2) is 66.7 Å². The van der Waals surface area contributed by atoms with Crippen molar-refractivity contribution in [2.24, 2.45) is 0 Å². The number of hydrogen-bond acceptors (Lipinski definition) is 3. The van der Waals surface area contributed by atoms with E-state index in [4.69, 9.17) is 4.74 Å². The molecule has 1 aliphatic heterocycles. The van der Waals surface area contributed by atoms with Crippen molar-refractivity contribution in [2.45, 2.75) is 45.1 Å². The molecule has 1 N–H and O–H groups in total. The van der Waals surface area contributed by atoms with Crippen LogP contribution in [0.2, 0.25) is 0 Å². The number of nitrogens with zero attached hydrogens (tertiary/aromatic N) is 1. The molecule has 1 fully saturated rings. The number of rotatable bonds is 8. The quantitative estimate of drug-likeness (QED) is 0.368. The number of allylic oxidation sites excluding steroid dienone is 1. The van der Waals surface area contributed by atoms with E-state index in [1.807, 2.05) is 7.05 Å². The molecule has 3 aromatic rings. The molecule has 4 heteroatoms. The zero-order valence-corrected chi connectivity index (χ0v) is 21.5. The number of hydrogen-bond donors (Lipinski definition) is 1. The summed E-state index contributed by atoms with van der Waals surface area (Å²) in [7, 11) is 1.96. The van der Waals surface area contributed by atoms with Gasteiger partial charge in [0.1, 0.15) is 11.9 Å². The largest absolute Gasteiger partial charge is 0.489 e. The number of nitrogens with one attached hydrogen (secondary N) is 1. The summed E-state index contributed by atoms with van der Waals surface area (Å²) in [6.45, 7) is 4.62. The lowest BCUT2D eigenvalue weighted by Gasteiger charge is -2.19. The Morgan fingerprint density at radius 3 is 2.50 bits per heavy atom. The van der Waals surface area contributed by atoms with Crippen molar-refractivity contribution in [1.82, 2.24) is 4.90 Å². The van der Waals surface area contributed by atoms with Crippen LogP contribution in [0, 0.1) is 6.92 Å². The minimum absolute atomic E-state index is 0.178. The van der Waals surface area contributed by atoms with Crippen LogP contribution in [-0.4, -0.2) is 44.4 Å². The lowest BCUT2D eigenvalue weighted by atomic mass is 9.87. The van der Waals surface area contributed by atoms with Gasteiger partial charge in [0.05, 0.1) is 6.67 Å². The van der Waals surface area contributed by atoms with Crippen molar-refractivity contribution in [3.05, 3.63) is 94.5 Å². The van der Waals surface area contributed by atoms with Gasteiger partial charge < -0.3 is 10.1 Å². The first kappa shape index (κ1) is 24.6. The van der Waals surface area contributed by atoms with E-state index in [1.165, 1.54) is 39.0 Å². The predicted octanol–water partition coefficient (Wildman–Crippen LogP) is 7.14. The summed E-state index contributed by atoms with van der Waals surface area (Å²) >= 11 is 0. The molecule has 1 heterocycles. The Kier molecular flexibility index (Phi) is 7.72. The lowest BCUT2D eigenvalue weighted by molar-refractivity contribution is 0.198. The van der Waals surface area contributed by atoms with Crippen LogP contribution in [-0.2, 0) is 6.42 Å². The maximum Gasteiger partial charge on any atom is 0.119 e. The van der Waals surface area contributed by atoms with Gasteiger partial charge in [0, 0.05) is 32.4 Å². The van der Waals surface area contributed by atoms with Gasteiger partial charge >= 0.3 is 0 Å². The molecule has 1 aliphatic carbocycles. The molecule has 1 saturated heterocycles. The van der Waals surface area contributed by atoms with Gasteiger partial charge in [-0.3, -0.25) is 9.29 Å². The zero-order chi connectivity index (χ0) is 24.9. The molecule has 0 saturated carbocycles. The first-order valence-electron chi connectivity index (χ1n) is 13.3. The number of fused-ring (bicyclic) bond motifs is 1. The fourth-order valence-corrected chi connectivity index (χ4v) is 5.65. The summed E-state index contributed by atoms with van der Waals surface area (Å²) in [5.41, 5.74) is 10.5. The summed E-state index contributed by atoms with van der Waals surface area (Å²) in [5, 5.41) is 3.23. The van der Waals surface area contributed by atoms with Crippen molar-refractivity contribution in [2.75, 3.05) is 38.7 Å². The van der Waals surface area contributed by atoms with Gasteiger partial charge in [0.25, 0.3) is 0 Å². The van der Waals surface area contributed by atoms with Gasteiger partial charge in [-0.15, -0.1) is 0 Å². The lowest BCUT2D eigenvalue weighted by Crippen LogP contribution is -2.26. The second kappa shape index (κ2) is 11.3. The topological polar surface area (TPSA) is 24.5 Å². The minimum atomic E-state index is -0.246. The first-order valence-corrected chi connectivity index (χ1v) is 13.3. The second-order valence-corrected chi connectivity index (χ2v) is 10.1. The van der Waals surface area contributed by atoms with Gasteiger partial charge in [-0.05, 0) is 96.7 Å². The van der Waals surface area contributed by atoms with Crippen LogP contribution in [0.25, 0.3) is 11.1 Å². The molecule has 5 rings (SSSR count). The molecule has 0 radical (unpaired) electrons. The molecule has 2 aliphatic rings. The highest BCUT2D eigenvalue weighted by Crippen LogP contribution is 2.40. The van der Waals surface area contributed by atoms with Gasteiger partial charge in [-0.2, -0.15) is 0 Å². The van der Waals surface area contributed by atoms with E-state index in [0.717, 1.165) is 56.8 Å². The van der Waals surface area contributed by atoms with Crippen molar-refractivity contribution >= 4 is 16.8 Å². The van der Waals surface area contributed by atoms with E-state index in [0.29, 0.717) is 6.42 Å². The van der Waals surface area contributed by atoms with Gasteiger partial charge in [0.2, 0.25) is 0 Å². The minimum Gasteiger partial charge on any atom is -0.489 e. The van der Waals surface area contributed by atoms with Crippen LogP contribution in [0.4, 0.5) is 10.1 Å². The smallest absolute Gasteiger partial charge is 0.119 e. The molecule has 1 unspecified atom stereocenters. The van der Waals surface area contributed by atoms with Crippen molar-refractivity contribution in [3.8, 4) is 5.75 Å². The van der Waals surface area contributed by atoms with E-state index in [1.54, 1.807) is 0 Å². The fraction of sp³-hybridized carbons (Fsp3) is 0.375. The maximum atomic E-state index is 12.5. The molecule has 0 bridgehead atoms. The Morgan fingerprint density at radius 1 is 0.972 bits per heavy atom. The fourth-order valence-electron chi connectivity index (χ4n) is 5.65. The van der Waals surface area contributed by atoms with E-state index in [9.17, 15) is 4.39 Å². The Bertz CT molecular complexity index is 1200. The highest BCUT2D eigenvalue weighted by molar-refractivity contribution is 6.00. The number of aryl methyl sites for hydroxylation is 2. The summed E-state index contributed by atoms with van der Waals surface area (Å²) in [4.78, 5) is 2.31. The van der Waals surface area contributed by atoms with Crippen LogP contribution < -0.4 is 10.1 Å². The predicted molar refractivity (Wildman–Crippen MR) is 149 cm³/mol. The molecule has 3 nitrogen and oxygen atoms in total. The van der Waals surface area contributed by atoms with Crippen molar-refractivity contribution in [3.63, 3.8) is 0 Å². The molecule has 0 amide bonds. The SMILES string of the molecule is CNc1ccc(C2=C(c3ccc(OC4CCN(CCCF)C4)cc3)c3ccc(C)cc3CCC2)cc1. The number of halogens is 1. The molecule has 0 aromatic heterocycles. The molecule has 3 aromatic carbocycles. The van der Waals surface area contributed by atoms with Gasteiger partial charge in [-0.25, -0.2) is 0 Å². The van der Waals surface area contributed by atoms with Crippen LogP contribution in [0.3, 0.4) is 0 Å². The monoisotopic (exact) mass is 484 g/mol. The highest BCUT2D eigenvalue weighted by Gasteiger charge is 2.24. The van der Waals surface area contributed by atoms with E-state index >= 15 is 0 Å². The normalized spacial score (nSPS) is 18.1. The van der Waals surface area contributed by atoms with Crippen LogP contribution in [0.1, 0.15) is 53.5 Å². The van der Waals surface area contributed by atoms with Gasteiger partial charge in [0.15, 0.2) is 0 Å². The van der Waals surface area contributed by atoms with Gasteiger partial charge in [-0.1, -0.05) is 48.0 Å². The van der Waals surface area contributed by atoms with Crippen LogP contribution >= 0.6 is 0 Å². The second-order valence-electron chi connectivity index (χ2n) is 10.1. The number of alkyl halides is 1. The summed E-state index contributed by atoms with van der Waals surface area (Å²) in [5.74, 6) is 0.911. The van der Waals surface area contributed by atoms with E-state index in [-0.39, 0.29) is 12.8 Å². The van der Waals surface area contributed by atoms with Crippen LogP contribution in [0.5, 0.6) is 5.75 Å². The standard InChI is InChI=1S/C32H37FN2O/c1-23-7-16-31-26(21-23)5-3-6-30(24-8-12-27(34-2)13-9-24)32(31)25-10-14-28(15-11-25)36-29-17-20-35(22-29)19-4-18-33/h7-16,21,29,34H,3-6,17-20,22H2,1-2H3. The Morgan fingerprint density at radius 2 is 1.75 bits per heavy atom. The molecule has 36 heavy (non-hydrogen) atoms. The summed E-state index contributed by atoms with van der Waals surface area (Å²) in [6, 6.07) is 24.4. The highest BCUT2D eigenvalue weighted by atomic mass is 19.1. The molecule has 0 spiro atoms. The molecule has 1 atom stereocenters. The third-order valence-corrected chi connectivity index (χ3v) is 7.51. The number of likely N-dealkylation sites (tertiary alicyclic amines) is 1. The average Bonchev–Trinajstić information content (AvgIpc) is 3.26. The summed E-state index contributed by atoms with van der Waals surface area (Å²) in [6.07, 6.45) is 5.08. The zero-order valence-electron chi connectivity index (χ0n) is 21.5. The van der Waals surface area contributed by atoms with Crippen molar-refractivity contribution < 1.29 is 9.13 Å². The summed E-state index contributed by atoms with van der Waals surface area (Å²) < 4.78 is 18.8. The Labute approximate surface area is 215 Å². The Balaban J connectivity index is 1.46. The number of anilines is 1. The Hall–Kier alpha value is -3.11. The molecular formula is C32H37FN2O. The van der Waals surface area contributed by atoms with Crippen molar-refractivity contribution in [1.29, 1.82) is 0 Å². The maximum absolute atomic E-state index is 12.5. The van der Waals surface area contributed by atoms with E-state index < -0.39 is 0 Å².